The van der Waals surface area contributed by atoms with Crippen molar-refractivity contribution in [1.82, 2.24) is 0 Å². The summed E-state index contributed by atoms with van der Waals surface area (Å²) in [5, 5.41) is 11.8. The van der Waals surface area contributed by atoms with Gasteiger partial charge in [-0.3, -0.25) is 0 Å². The Hall–Kier alpha value is -2.07. The van der Waals surface area contributed by atoms with Crippen LogP contribution >= 0.6 is 11.6 Å². The summed E-state index contributed by atoms with van der Waals surface area (Å²) < 4.78 is 13.8. The third-order valence-corrected chi connectivity index (χ3v) is 2.92. The van der Waals surface area contributed by atoms with Gasteiger partial charge in [0.05, 0.1) is 22.0 Å². The monoisotopic (exact) mass is 279 g/mol. The number of halogens is 2. The van der Waals surface area contributed by atoms with E-state index in [0.717, 1.165) is 5.56 Å². The molecule has 0 saturated carbocycles. The Morgan fingerprint density at radius 2 is 2.00 bits per heavy atom. The molecule has 19 heavy (non-hydrogen) atoms. The van der Waals surface area contributed by atoms with Crippen LogP contribution in [-0.2, 0) is 0 Å². The topological polar surface area (TPSA) is 49.3 Å². The summed E-state index contributed by atoms with van der Waals surface area (Å²) in [6, 6.07) is 9.31. The molecule has 0 amide bonds. The van der Waals surface area contributed by atoms with E-state index in [1.807, 2.05) is 6.92 Å². The van der Waals surface area contributed by atoms with Crippen LogP contribution < -0.4 is 5.32 Å². The van der Waals surface area contributed by atoms with Crippen LogP contribution in [0.4, 0.5) is 15.8 Å². The molecule has 0 aliphatic rings. The Kier molecular flexibility index (Phi) is 3.71. The van der Waals surface area contributed by atoms with Crippen molar-refractivity contribution in [1.29, 1.82) is 0 Å². The number of carboxylic acid groups (broad SMARTS) is 1. The molecule has 0 saturated heterocycles. The van der Waals surface area contributed by atoms with E-state index in [2.05, 4.69) is 5.32 Å². The van der Waals surface area contributed by atoms with Crippen LogP contribution in [0.1, 0.15) is 15.9 Å². The summed E-state index contributed by atoms with van der Waals surface area (Å²) in [6.07, 6.45) is 0. The lowest BCUT2D eigenvalue weighted by Crippen LogP contribution is -2.04. The highest BCUT2D eigenvalue weighted by Crippen LogP contribution is 2.27. The number of aryl methyl sites for hydroxylation is 1. The van der Waals surface area contributed by atoms with Gasteiger partial charge in [-0.15, -0.1) is 0 Å². The first-order valence-electron chi connectivity index (χ1n) is 5.54. The van der Waals surface area contributed by atoms with E-state index in [1.165, 1.54) is 18.2 Å². The normalized spacial score (nSPS) is 10.3. The molecule has 0 atom stereocenters. The molecule has 0 unspecified atom stereocenters. The maximum absolute atomic E-state index is 13.8. The van der Waals surface area contributed by atoms with Gasteiger partial charge in [-0.05, 0) is 36.8 Å². The minimum absolute atomic E-state index is 0.0190. The third-order valence-electron chi connectivity index (χ3n) is 2.63. The van der Waals surface area contributed by atoms with Crippen LogP contribution in [0.25, 0.3) is 0 Å². The second-order valence-corrected chi connectivity index (χ2v) is 4.49. The molecule has 5 heteroatoms. The maximum Gasteiger partial charge on any atom is 0.337 e. The third kappa shape index (κ3) is 2.85. The van der Waals surface area contributed by atoms with Gasteiger partial charge in [0.15, 0.2) is 5.82 Å². The molecule has 98 valence electrons. The molecule has 0 heterocycles. The van der Waals surface area contributed by atoms with Crippen molar-refractivity contribution in [3.63, 3.8) is 0 Å². The number of carbonyl (C=O) groups is 1. The van der Waals surface area contributed by atoms with Crippen LogP contribution in [0, 0.1) is 12.7 Å². The number of carboxylic acids is 1. The maximum atomic E-state index is 13.8. The van der Waals surface area contributed by atoms with Crippen LogP contribution in [0.5, 0.6) is 0 Å². The predicted octanol–water partition coefficient (Wildman–Crippen LogP) is 4.23. The van der Waals surface area contributed by atoms with Gasteiger partial charge in [-0.2, -0.15) is 0 Å². The second kappa shape index (κ2) is 5.28. The molecule has 2 N–H and O–H groups in total. The molecule has 0 radical (unpaired) electrons. The summed E-state index contributed by atoms with van der Waals surface area (Å²) >= 11 is 5.68. The number of benzene rings is 2. The van der Waals surface area contributed by atoms with Gasteiger partial charge >= 0.3 is 5.97 Å². The first-order valence-corrected chi connectivity index (χ1v) is 5.92. The Morgan fingerprint density at radius 3 is 2.68 bits per heavy atom. The van der Waals surface area contributed by atoms with E-state index in [0.29, 0.717) is 5.69 Å². The molecule has 0 aliphatic heterocycles. The van der Waals surface area contributed by atoms with Crippen LogP contribution in [0.2, 0.25) is 5.02 Å². The fraction of sp³-hybridized carbons (Fsp3) is 0.0714. The highest BCUT2D eigenvalue weighted by molar-refractivity contribution is 6.31. The van der Waals surface area contributed by atoms with E-state index in [9.17, 15) is 9.18 Å². The van der Waals surface area contributed by atoms with Gasteiger partial charge in [-0.1, -0.05) is 23.7 Å². The molecule has 0 aromatic heterocycles. The number of aromatic carboxylic acids is 1. The zero-order valence-corrected chi connectivity index (χ0v) is 10.8. The summed E-state index contributed by atoms with van der Waals surface area (Å²) in [4.78, 5) is 11.1. The fourth-order valence-electron chi connectivity index (χ4n) is 1.69. The minimum Gasteiger partial charge on any atom is -0.478 e. The number of hydrogen-bond acceptors (Lipinski definition) is 2. The van der Waals surface area contributed by atoms with Crippen molar-refractivity contribution in [2.24, 2.45) is 0 Å². The molecular formula is C14H11ClFNO2. The van der Waals surface area contributed by atoms with Crippen molar-refractivity contribution in [3.05, 3.63) is 58.4 Å². The van der Waals surface area contributed by atoms with E-state index < -0.39 is 11.8 Å². The Balaban J connectivity index is 2.45. The average Bonchev–Trinajstić information content (AvgIpc) is 2.35. The summed E-state index contributed by atoms with van der Waals surface area (Å²) in [5.74, 6) is -1.69. The number of rotatable bonds is 3. The molecule has 2 aromatic carbocycles. The van der Waals surface area contributed by atoms with Crippen molar-refractivity contribution in [3.8, 4) is 0 Å². The van der Waals surface area contributed by atoms with Gasteiger partial charge in [0.2, 0.25) is 0 Å². The number of nitrogens with one attached hydrogen (secondary N) is 1. The van der Waals surface area contributed by atoms with E-state index in [-0.39, 0.29) is 16.3 Å². The van der Waals surface area contributed by atoms with E-state index in [1.54, 1.807) is 18.2 Å². The van der Waals surface area contributed by atoms with Crippen molar-refractivity contribution in [2.75, 3.05) is 5.32 Å². The summed E-state index contributed by atoms with van der Waals surface area (Å²) in [5.41, 5.74) is 1.41. The van der Waals surface area contributed by atoms with Gasteiger partial charge < -0.3 is 10.4 Å². The molecule has 2 aromatic rings. The molecule has 0 spiro atoms. The molecule has 0 aliphatic carbocycles. The van der Waals surface area contributed by atoms with Crippen LogP contribution in [0.15, 0.2) is 36.4 Å². The SMILES string of the molecule is Cc1ccc(C(=O)O)c(Nc2cccc(Cl)c2F)c1. The molecule has 2 rings (SSSR count). The standard InChI is InChI=1S/C14H11ClFNO2/c1-8-5-6-9(14(18)19)12(7-8)17-11-4-2-3-10(15)13(11)16/h2-7,17H,1H3,(H,18,19). The highest BCUT2D eigenvalue weighted by atomic mass is 35.5. The smallest absolute Gasteiger partial charge is 0.337 e. The van der Waals surface area contributed by atoms with Gasteiger partial charge in [-0.25, -0.2) is 9.18 Å². The Labute approximate surface area is 114 Å². The zero-order chi connectivity index (χ0) is 14.0. The van der Waals surface area contributed by atoms with E-state index in [4.69, 9.17) is 16.7 Å². The number of anilines is 2. The quantitative estimate of drug-likeness (QED) is 0.884. The van der Waals surface area contributed by atoms with Crippen molar-refractivity contribution in [2.45, 2.75) is 6.92 Å². The first-order chi connectivity index (χ1) is 8.99. The zero-order valence-electron chi connectivity index (χ0n) is 10.1. The molecule has 3 nitrogen and oxygen atoms in total. The largest absolute Gasteiger partial charge is 0.478 e. The predicted molar refractivity (Wildman–Crippen MR) is 72.8 cm³/mol. The lowest BCUT2D eigenvalue weighted by atomic mass is 10.1. The Morgan fingerprint density at radius 1 is 1.26 bits per heavy atom. The number of hydrogen-bond donors (Lipinski definition) is 2. The average molecular weight is 280 g/mol. The van der Waals surface area contributed by atoms with Gasteiger partial charge in [0, 0.05) is 0 Å². The van der Waals surface area contributed by atoms with Crippen LogP contribution in [-0.4, -0.2) is 11.1 Å². The Bertz CT molecular complexity index is 643. The summed E-state index contributed by atoms with van der Waals surface area (Å²) in [7, 11) is 0. The molecule has 0 bridgehead atoms. The first kappa shape index (κ1) is 13.4. The summed E-state index contributed by atoms with van der Waals surface area (Å²) in [6.45, 7) is 1.82. The van der Waals surface area contributed by atoms with Crippen LogP contribution in [0.3, 0.4) is 0 Å². The molecule has 0 fully saturated rings. The second-order valence-electron chi connectivity index (χ2n) is 4.08. The lowest BCUT2D eigenvalue weighted by molar-refractivity contribution is 0.0698. The van der Waals surface area contributed by atoms with Gasteiger partial charge in [0.1, 0.15) is 0 Å². The van der Waals surface area contributed by atoms with Crippen molar-refractivity contribution < 1.29 is 14.3 Å². The fourth-order valence-corrected chi connectivity index (χ4v) is 1.87. The van der Waals surface area contributed by atoms with Crippen molar-refractivity contribution >= 4 is 28.9 Å². The highest BCUT2D eigenvalue weighted by Gasteiger charge is 2.12. The lowest BCUT2D eigenvalue weighted by Gasteiger charge is -2.11. The minimum atomic E-state index is -1.08. The molecular weight excluding hydrogens is 269 g/mol. The van der Waals surface area contributed by atoms with Gasteiger partial charge in [0.25, 0.3) is 0 Å². The van der Waals surface area contributed by atoms with E-state index >= 15 is 0 Å².